The molecule has 1 aliphatic heterocycles. The molecular weight excluding hydrogens is 254 g/mol. The van der Waals surface area contributed by atoms with Gasteiger partial charge in [0.1, 0.15) is 5.52 Å². The van der Waals surface area contributed by atoms with Crippen LogP contribution in [0.4, 0.5) is 5.82 Å². The van der Waals surface area contributed by atoms with Crippen LogP contribution in [0.5, 0.6) is 0 Å². The van der Waals surface area contributed by atoms with Crippen molar-refractivity contribution in [3.8, 4) is 0 Å². The molecule has 3 heterocycles. The predicted molar refractivity (Wildman–Crippen MR) is 78.2 cm³/mol. The third-order valence-electron chi connectivity index (χ3n) is 3.50. The van der Waals surface area contributed by atoms with Crippen molar-refractivity contribution in [3.63, 3.8) is 0 Å². The predicted octanol–water partition coefficient (Wildman–Crippen LogP) is 1.25. The van der Waals surface area contributed by atoms with E-state index in [2.05, 4.69) is 40.6 Å². The van der Waals surface area contributed by atoms with Gasteiger partial charge in [-0.1, -0.05) is 13.8 Å². The van der Waals surface area contributed by atoms with E-state index in [9.17, 15) is 0 Å². The topological polar surface area (TPSA) is 63.5 Å². The van der Waals surface area contributed by atoms with Crippen molar-refractivity contribution in [1.82, 2.24) is 19.9 Å². The van der Waals surface area contributed by atoms with Crippen LogP contribution in [0.1, 0.15) is 25.5 Å². The zero-order valence-corrected chi connectivity index (χ0v) is 12.0. The third kappa shape index (κ3) is 2.76. The molecule has 0 aliphatic carbocycles. The summed E-state index contributed by atoms with van der Waals surface area (Å²) in [4.78, 5) is 4.42. The van der Waals surface area contributed by atoms with Gasteiger partial charge >= 0.3 is 0 Å². The number of nitrogens with zero attached hydrogens (tertiary/aromatic N) is 3. The molecule has 0 bridgehead atoms. The molecule has 1 saturated heterocycles. The average molecular weight is 275 g/mol. The van der Waals surface area contributed by atoms with Crippen molar-refractivity contribution in [2.24, 2.45) is 0 Å². The Kier molecular flexibility index (Phi) is 3.84. The lowest BCUT2D eigenvalue weighted by Crippen LogP contribution is -2.42. The lowest BCUT2D eigenvalue weighted by molar-refractivity contribution is 0.0372. The highest BCUT2D eigenvalue weighted by atomic mass is 16.5. The smallest absolute Gasteiger partial charge is 0.152 e. The first-order valence-electron chi connectivity index (χ1n) is 7.14. The fraction of sp³-hybridized carbons (Fsp3) is 0.571. The number of hydrogen-bond donors (Lipinski definition) is 2. The second-order valence-electron chi connectivity index (χ2n) is 5.41. The average Bonchev–Trinajstić information content (AvgIpc) is 2.91. The van der Waals surface area contributed by atoms with Gasteiger partial charge in [-0.2, -0.15) is 5.10 Å². The molecule has 1 aliphatic rings. The molecule has 0 spiro atoms. The summed E-state index contributed by atoms with van der Waals surface area (Å²) in [6, 6.07) is 2.10. The maximum atomic E-state index is 5.68. The van der Waals surface area contributed by atoms with Crippen molar-refractivity contribution < 1.29 is 4.74 Å². The molecule has 0 radical (unpaired) electrons. The van der Waals surface area contributed by atoms with Gasteiger partial charge in [-0.15, -0.1) is 0 Å². The van der Waals surface area contributed by atoms with E-state index in [0.29, 0.717) is 5.92 Å². The first-order chi connectivity index (χ1) is 9.74. The van der Waals surface area contributed by atoms with Crippen molar-refractivity contribution in [2.45, 2.75) is 25.9 Å². The first-order valence-corrected chi connectivity index (χ1v) is 7.14. The Morgan fingerprint density at radius 3 is 3.20 bits per heavy atom. The minimum Gasteiger partial charge on any atom is -0.374 e. The van der Waals surface area contributed by atoms with E-state index in [-0.39, 0.29) is 6.10 Å². The van der Waals surface area contributed by atoms with Crippen LogP contribution in [0.2, 0.25) is 0 Å². The van der Waals surface area contributed by atoms with Gasteiger partial charge < -0.3 is 15.4 Å². The Labute approximate surface area is 118 Å². The van der Waals surface area contributed by atoms with E-state index in [1.807, 2.05) is 10.7 Å². The summed E-state index contributed by atoms with van der Waals surface area (Å²) >= 11 is 0. The normalized spacial score (nSPS) is 19.6. The second kappa shape index (κ2) is 5.76. The Hall–Kier alpha value is -1.66. The summed E-state index contributed by atoms with van der Waals surface area (Å²) in [5, 5.41) is 11.3. The van der Waals surface area contributed by atoms with Gasteiger partial charge in [0, 0.05) is 32.0 Å². The summed E-state index contributed by atoms with van der Waals surface area (Å²) in [6.07, 6.45) is 3.84. The van der Waals surface area contributed by atoms with Gasteiger partial charge in [0.15, 0.2) is 5.82 Å². The number of morpholine rings is 1. The molecule has 0 amide bonds. The molecule has 6 nitrogen and oxygen atoms in total. The van der Waals surface area contributed by atoms with Crippen molar-refractivity contribution in [2.75, 3.05) is 31.6 Å². The SMILES string of the molecule is CC(C)c1cc2c(NCC3CNCCO3)nccn2n1. The fourth-order valence-corrected chi connectivity index (χ4v) is 2.32. The number of rotatable bonds is 4. The highest BCUT2D eigenvalue weighted by molar-refractivity contribution is 5.67. The molecule has 0 saturated carbocycles. The van der Waals surface area contributed by atoms with E-state index in [4.69, 9.17) is 4.74 Å². The van der Waals surface area contributed by atoms with E-state index in [1.54, 1.807) is 6.20 Å². The largest absolute Gasteiger partial charge is 0.374 e. The lowest BCUT2D eigenvalue weighted by Gasteiger charge is -2.24. The van der Waals surface area contributed by atoms with Crippen LogP contribution in [0.15, 0.2) is 18.5 Å². The van der Waals surface area contributed by atoms with Crippen LogP contribution in [0, 0.1) is 0 Å². The van der Waals surface area contributed by atoms with Crippen molar-refractivity contribution >= 4 is 11.3 Å². The first kappa shape index (κ1) is 13.3. The monoisotopic (exact) mass is 275 g/mol. The quantitative estimate of drug-likeness (QED) is 0.879. The molecular formula is C14H21N5O. The molecule has 2 aromatic rings. The number of nitrogens with one attached hydrogen (secondary N) is 2. The molecule has 1 unspecified atom stereocenters. The van der Waals surface area contributed by atoms with Crippen LogP contribution >= 0.6 is 0 Å². The standard InChI is InChI=1S/C14H21N5O/c1-10(2)12-7-13-14(16-3-5-19(13)18-12)17-9-11-8-15-4-6-20-11/h3,5,7,10-11,15H,4,6,8-9H2,1-2H3,(H,16,17). The maximum absolute atomic E-state index is 5.68. The highest BCUT2D eigenvalue weighted by Crippen LogP contribution is 2.19. The van der Waals surface area contributed by atoms with Gasteiger partial charge in [0.25, 0.3) is 0 Å². The summed E-state index contributed by atoms with van der Waals surface area (Å²) in [6.45, 7) is 7.63. The summed E-state index contributed by atoms with van der Waals surface area (Å²) < 4.78 is 7.56. The number of ether oxygens (including phenoxy) is 1. The van der Waals surface area contributed by atoms with Crippen LogP contribution < -0.4 is 10.6 Å². The number of aromatic nitrogens is 3. The summed E-state index contributed by atoms with van der Waals surface area (Å²) in [5.74, 6) is 1.27. The van der Waals surface area contributed by atoms with Gasteiger partial charge in [-0.3, -0.25) is 0 Å². The van der Waals surface area contributed by atoms with Crippen molar-refractivity contribution in [3.05, 3.63) is 24.2 Å². The maximum Gasteiger partial charge on any atom is 0.152 e. The molecule has 0 aromatic carbocycles. The van der Waals surface area contributed by atoms with Gasteiger partial charge in [-0.05, 0) is 12.0 Å². The molecule has 108 valence electrons. The van der Waals surface area contributed by atoms with Crippen LogP contribution in [0.25, 0.3) is 5.52 Å². The summed E-state index contributed by atoms with van der Waals surface area (Å²) in [5.41, 5.74) is 2.09. The Morgan fingerprint density at radius 1 is 1.55 bits per heavy atom. The van der Waals surface area contributed by atoms with Gasteiger partial charge in [0.05, 0.1) is 18.4 Å². The fourth-order valence-electron chi connectivity index (χ4n) is 2.32. The molecule has 6 heteroatoms. The van der Waals surface area contributed by atoms with E-state index < -0.39 is 0 Å². The van der Waals surface area contributed by atoms with Crippen LogP contribution in [-0.2, 0) is 4.74 Å². The van der Waals surface area contributed by atoms with E-state index in [0.717, 1.165) is 43.3 Å². The zero-order valence-electron chi connectivity index (χ0n) is 12.0. The van der Waals surface area contributed by atoms with Crippen LogP contribution in [-0.4, -0.2) is 46.9 Å². The Morgan fingerprint density at radius 2 is 2.45 bits per heavy atom. The van der Waals surface area contributed by atoms with Gasteiger partial charge in [-0.25, -0.2) is 9.50 Å². The Bertz CT molecular complexity index is 574. The number of fused-ring (bicyclic) bond motifs is 1. The minimum atomic E-state index is 0.193. The molecule has 1 fully saturated rings. The second-order valence-corrected chi connectivity index (χ2v) is 5.41. The lowest BCUT2D eigenvalue weighted by atomic mass is 10.1. The Balaban J connectivity index is 1.76. The number of anilines is 1. The van der Waals surface area contributed by atoms with E-state index in [1.165, 1.54) is 0 Å². The van der Waals surface area contributed by atoms with Crippen molar-refractivity contribution in [1.29, 1.82) is 0 Å². The molecule has 1 atom stereocenters. The number of hydrogen-bond acceptors (Lipinski definition) is 5. The highest BCUT2D eigenvalue weighted by Gasteiger charge is 2.14. The van der Waals surface area contributed by atoms with Gasteiger partial charge in [0.2, 0.25) is 0 Å². The molecule has 2 N–H and O–H groups in total. The molecule has 2 aromatic heterocycles. The molecule has 3 rings (SSSR count). The minimum absolute atomic E-state index is 0.193. The molecule has 20 heavy (non-hydrogen) atoms. The zero-order chi connectivity index (χ0) is 13.9. The summed E-state index contributed by atoms with van der Waals surface area (Å²) in [7, 11) is 0. The van der Waals surface area contributed by atoms with E-state index >= 15 is 0 Å². The van der Waals surface area contributed by atoms with Crippen LogP contribution in [0.3, 0.4) is 0 Å². The third-order valence-corrected chi connectivity index (χ3v) is 3.50.